The van der Waals surface area contributed by atoms with Crippen molar-refractivity contribution in [3.05, 3.63) is 25.3 Å². The number of esters is 1. The first kappa shape index (κ1) is 26.8. The molecule has 190 valence electrons. The first-order chi connectivity index (χ1) is 16.5. The van der Waals surface area contributed by atoms with Gasteiger partial charge in [0.25, 0.3) is 0 Å². The van der Waals surface area contributed by atoms with E-state index in [0.717, 1.165) is 32.1 Å². The van der Waals surface area contributed by atoms with Crippen molar-refractivity contribution in [2.24, 2.45) is 11.8 Å². The number of amides is 2. The number of nitrogens with zero attached hydrogens (tertiary/aromatic N) is 2. The number of hydrogen-bond donors (Lipinski definition) is 1. The zero-order chi connectivity index (χ0) is 24.7. The summed E-state index contributed by atoms with van der Waals surface area (Å²) in [6.07, 6.45) is 9.76. The fourth-order valence-corrected chi connectivity index (χ4v) is 8.05. The van der Waals surface area contributed by atoms with E-state index in [-0.39, 0.29) is 36.2 Å². The van der Waals surface area contributed by atoms with Crippen LogP contribution in [0.1, 0.15) is 58.3 Å². The van der Waals surface area contributed by atoms with Gasteiger partial charge in [-0.25, -0.2) is 0 Å². The number of hydrogen-bond acceptors (Lipinski definition) is 6. The summed E-state index contributed by atoms with van der Waals surface area (Å²) in [7, 11) is 0. The van der Waals surface area contributed by atoms with Crippen molar-refractivity contribution in [3.63, 3.8) is 0 Å². The average molecular weight is 493 g/mol. The van der Waals surface area contributed by atoms with E-state index in [9.17, 15) is 19.5 Å². The maximum atomic E-state index is 14.0. The first-order valence-corrected chi connectivity index (χ1v) is 13.6. The Bertz CT molecular complexity index is 774. The summed E-state index contributed by atoms with van der Waals surface area (Å²) in [5.41, 5.74) is 0. The first-order valence-electron chi connectivity index (χ1n) is 12.7. The lowest BCUT2D eigenvalue weighted by atomic mass is 9.71. The molecule has 0 aliphatic carbocycles. The molecule has 3 rings (SSSR count). The summed E-state index contributed by atoms with van der Waals surface area (Å²) in [4.78, 5) is 44.4. The van der Waals surface area contributed by atoms with Crippen molar-refractivity contribution in [3.8, 4) is 0 Å². The second kappa shape index (κ2) is 12.2. The van der Waals surface area contributed by atoms with Gasteiger partial charge in [-0.1, -0.05) is 31.9 Å². The van der Waals surface area contributed by atoms with Crippen LogP contribution in [0, 0.1) is 11.8 Å². The van der Waals surface area contributed by atoms with E-state index in [4.69, 9.17) is 4.74 Å². The molecule has 2 unspecified atom stereocenters. The predicted octanol–water partition coefficient (Wildman–Crippen LogP) is 3.17. The van der Waals surface area contributed by atoms with Gasteiger partial charge in [-0.3, -0.25) is 14.4 Å². The van der Waals surface area contributed by atoms with E-state index in [1.54, 1.807) is 28.8 Å². The molecule has 34 heavy (non-hydrogen) atoms. The van der Waals surface area contributed by atoms with Crippen LogP contribution in [0.2, 0.25) is 0 Å². The van der Waals surface area contributed by atoms with Crippen LogP contribution in [-0.4, -0.2) is 81.6 Å². The zero-order valence-corrected chi connectivity index (χ0v) is 21.3. The highest BCUT2D eigenvalue weighted by Gasteiger charge is 2.74. The van der Waals surface area contributed by atoms with Gasteiger partial charge in [-0.05, 0) is 38.5 Å². The molecule has 3 aliphatic heterocycles. The molecule has 0 radical (unpaired) electrons. The van der Waals surface area contributed by atoms with Gasteiger partial charge in [0.05, 0.1) is 23.2 Å². The molecule has 0 aromatic heterocycles. The minimum absolute atomic E-state index is 0.00742. The Kier molecular flexibility index (Phi) is 9.65. The van der Waals surface area contributed by atoms with Crippen LogP contribution in [0.25, 0.3) is 0 Å². The Hall–Kier alpha value is -1.80. The van der Waals surface area contributed by atoms with Crippen LogP contribution in [-0.2, 0) is 19.1 Å². The standard InChI is InChI=1S/C26H40N2O5S/c1-4-7-9-15-27(14-6-3)24(31)22-26-13-12-19(34-26)20(25(32)33-18-8-5-2)21(26)23(30)28(22)16-10-11-17-29/h5-6,19-22,29H,2-4,7-18H2,1H3/t19-,20+,21-,22?,26?/m0/s1. The molecule has 8 heteroatoms. The lowest BCUT2D eigenvalue weighted by molar-refractivity contribution is -0.154. The maximum Gasteiger partial charge on any atom is 0.310 e. The Morgan fingerprint density at radius 1 is 1.26 bits per heavy atom. The molecule has 7 nitrogen and oxygen atoms in total. The number of carbonyl (C=O) groups excluding carboxylic acids is 3. The minimum atomic E-state index is -0.593. The number of likely N-dealkylation sites (tertiary alicyclic amines) is 1. The molecule has 2 bridgehead atoms. The van der Waals surface area contributed by atoms with Gasteiger partial charge < -0.3 is 19.6 Å². The molecular formula is C26H40N2O5S. The molecule has 0 aromatic rings. The van der Waals surface area contributed by atoms with Crippen molar-refractivity contribution in [1.82, 2.24) is 9.80 Å². The summed E-state index contributed by atoms with van der Waals surface area (Å²) in [6.45, 7) is 11.4. The second-order valence-electron chi connectivity index (χ2n) is 9.54. The molecule has 1 N–H and O–H groups in total. The molecule has 5 atom stereocenters. The van der Waals surface area contributed by atoms with E-state index in [0.29, 0.717) is 38.9 Å². The van der Waals surface area contributed by atoms with E-state index in [1.807, 2.05) is 4.90 Å². The van der Waals surface area contributed by atoms with E-state index in [1.165, 1.54) is 0 Å². The van der Waals surface area contributed by atoms with Crippen molar-refractivity contribution in [2.45, 2.75) is 74.3 Å². The fourth-order valence-electron chi connectivity index (χ4n) is 5.85. The third-order valence-electron chi connectivity index (χ3n) is 7.37. The quantitative estimate of drug-likeness (QED) is 0.215. The molecule has 3 fully saturated rings. The molecule has 2 amide bonds. The van der Waals surface area contributed by atoms with Crippen LogP contribution < -0.4 is 0 Å². The number of carbonyl (C=O) groups is 3. The number of unbranched alkanes of at least 4 members (excludes halogenated alkanes) is 3. The number of ether oxygens (including phenoxy) is 1. The topological polar surface area (TPSA) is 87.2 Å². The number of aliphatic hydroxyl groups is 1. The number of rotatable bonds is 15. The lowest BCUT2D eigenvalue weighted by Gasteiger charge is -2.37. The Labute approximate surface area is 208 Å². The van der Waals surface area contributed by atoms with Gasteiger partial charge in [-0.15, -0.1) is 24.9 Å². The van der Waals surface area contributed by atoms with Crippen LogP contribution in [0.5, 0.6) is 0 Å². The van der Waals surface area contributed by atoms with Gasteiger partial charge in [-0.2, -0.15) is 0 Å². The lowest BCUT2D eigenvalue weighted by Crippen LogP contribution is -2.55. The average Bonchev–Trinajstić information content (AvgIpc) is 3.46. The molecule has 0 aromatic carbocycles. The third kappa shape index (κ3) is 5.08. The number of thioether (sulfide) groups is 1. The molecule has 1 spiro atoms. The second-order valence-corrected chi connectivity index (χ2v) is 11.1. The normalized spacial score (nSPS) is 29.2. The zero-order valence-electron chi connectivity index (χ0n) is 20.5. The largest absolute Gasteiger partial charge is 0.465 e. The molecule has 3 aliphatic rings. The monoisotopic (exact) mass is 492 g/mol. The summed E-state index contributed by atoms with van der Waals surface area (Å²) >= 11 is 1.67. The van der Waals surface area contributed by atoms with E-state index < -0.39 is 22.6 Å². The number of fused-ring (bicyclic) bond motifs is 1. The molecule has 3 heterocycles. The van der Waals surface area contributed by atoms with Gasteiger partial charge in [0.1, 0.15) is 6.04 Å². The highest BCUT2D eigenvalue weighted by Crippen LogP contribution is 2.66. The SMILES string of the molecule is C=CCCOC(=O)[C@@H]1[C@@H]2CCC3(S2)C(C(=O)N(CC=C)CCCCC)N(CCCCO)C(=O)[C@H]13. The van der Waals surface area contributed by atoms with Gasteiger partial charge in [0.15, 0.2) is 0 Å². The van der Waals surface area contributed by atoms with Crippen molar-refractivity contribution >= 4 is 29.5 Å². The molecule has 3 saturated heterocycles. The molecule has 0 saturated carbocycles. The number of aliphatic hydroxyl groups excluding tert-OH is 1. The summed E-state index contributed by atoms with van der Waals surface area (Å²) in [5.74, 6) is -1.51. The summed E-state index contributed by atoms with van der Waals surface area (Å²) in [5, 5.41) is 9.29. The van der Waals surface area contributed by atoms with Gasteiger partial charge >= 0.3 is 5.97 Å². The molecular weight excluding hydrogens is 452 g/mol. The minimum Gasteiger partial charge on any atom is -0.465 e. The smallest absolute Gasteiger partial charge is 0.310 e. The van der Waals surface area contributed by atoms with Gasteiger partial charge in [0, 0.05) is 31.5 Å². The van der Waals surface area contributed by atoms with Crippen molar-refractivity contribution < 1.29 is 24.2 Å². The van der Waals surface area contributed by atoms with Crippen LogP contribution >= 0.6 is 11.8 Å². The summed E-state index contributed by atoms with van der Waals surface area (Å²) < 4.78 is 4.92. The predicted molar refractivity (Wildman–Crippen MR) is 134 cm³/mol. The highest BCUT2D eigenvalue weighted by molar-refractivity contribution is 8.02. The Morgan fingerprint density at radius 2 is 2.06 bits per heavy atom. The van der Waals surface area contributed by atoms with Crippen molar-refractivity contribution in [1.29, 1.82) is 0 Å². The fraction of sp³-hybridized carbons (Fsp3) is 0.731. The van der Waals surface area contributed by atoms with Crippen molar-refractivity contribution in [2.75, 3.05) is 32.8 Å². The Balaban J connectivity index is 1.90. The third-order valence-corrected chi connectivity index (χ3v) is 9.32. The van der Waals surface area contributed by atoms with Gasteiger partial charge in [0.2, 0.25) is 11.8 Å². The van der Waals surface area contributed by atoms with Crippen LogP contribution in [0.3, 0.4) is 0 Å². The maximum absolute atomic E-state index is 14.0. The summed E-state index contributed by atoms with van der Waals surface area (Å²) in [6, 6.07) is -0.591. The van der Waals surface area contributed by atoms with Crippen LogP contribution in [0.15, 0.2) is 25.3 Å². The Morgan fingerprint density at radius 3 is 2.74 bits per heavy atom. The van der Waals surface area contributed by atoms with E-state index >= 15 is 0 Å². The van der Waals surface area contributed by atoms with Crippen LogP contribution in [0.4, 0.5) is 0 Å². The van der Waals surface area contributed by atoms with E-state index in [2.05, 4.69) is 20.1 Å². The highest BCUT2D eigenvalue weighted by atomic mass is 32.2.